The zero-order chi connectivity index (χ0) is 23.0. The molecule has 4 aromatic rings. The fraction of sp³-hybridized carbons (Fsp3) is 0.182. The molecule has 0 aliphatic carbocycles. The van der Waals surface area contributed by atoms with Crippen LogP contribution in [0.5, 0.6) is 11.8 Å². The molecule has 9 nitrogen and oxygen atoms in total. The number of halogens is 1. The molecule has 2 aromatic heterocycles. The standard InChI is InChI=1S/C22H19ClN4O5/c1-25-18-17(19(28)26(2)22(25)30)27(12-13-5-4-6-15(23)11-13)21(24-18)32-16-9-7-14(8-10-16)20(29)31-3/h4-11H,12H2,1-3H3. The second kappa shape index (κ2) is 8.35. The molecule has 32 heavy (non-hydrogen) atoms. The number of benzene rings is 2. The Morgan fingerprint density at radius 3 is 2.44 bits per heavy atom. The van der Waals surface area contributed by atoms with Crippen LogP contribution in [-0.4, -0.2) is 31.8 Å². The number of carbonyl (C=O) groups is 1. The number of methoxy groups -OCH3 is 1. The van der Waals surface area contributed by atoms with Gasteiger partial charge in [-0.05, 0) is 42.0 Å². The third-order valence-electron chi connectivity index (χ3n) is 5.03. The molecule has 4 rings (SSSR count). The lowest BCUT2D eigenvalue weighted by atomic mass is 10.2. The number of esters is 1. The lowest BCUT2D eigenvalue weighted by Crippen LogP contribution is -2.37. The lowest BCUT2D eigenvalue weighted by Gasteiger charge is -2.11. The summed E-state index contributed by atoms with van der Waals surface area (Å²) in [6, 6.07) is 13.6. The second-order valence-electron chi connectivity index (χ2n) is 7.11. The topological polar surface area (TPSA) is 97.4 Å². The smallest absolute Gasteiger partial charge is 0.337 e. The third-order valence-corrected chi connectivity index (χ3v) is 5.26. The first-order valence-corrected chi connectivity index (χ1v) is 9.95. The van der Waals surface area contributed by atoms with Crippen LogP contribution >= 0.6 is 11.6 Å². The minimum absolute atomic E-state index is 0.115. The van der Waals surface area contributed by atoms with Crippen LogP contribution in [0.15, 0.2) is 58.1 Å². The van der Waals surface area contributed by atoms with Crippen LogP contribution < -0.4 is 16.0 Å². The quantitative estimate of drug-likeness (QED) is 0.430. The first-order valence-electron chi connectivity index (χ1n) is 9.57. The van der Waals surface area contributed by atoms with Crippen molar-refractivity contribution >= 4 is 28.7 Å². The molecule has 0 unspecified atom stereocenters. The SMILES string of the molecule is COC(=O)c1ccc(Oc2nc3c(c(=O)n(C)c(=O)n3C)n2Cc2cccc(Cl)c2)cc1. The van der Waals surface area contributed by atoms with Gasteiger partial charge in [0.25, 0.3) is 5.56 Å². The van der Waals surface area contributed by atoms with Gasteiger partial charge in [-0.3, -0.25) is 18.5 Å². The van der Waals surface area contributed by atoms with Crippen molar-refractivity contribution in [1.82, 2.24) is 18.7 Å². The number of aryl methyl sites for hydroxylation is 1. The van der Waals surface area contributed by atoms with Gasteiger partial charge < -0.3 is 9.47 Å². The highest BCUT2D eigenvalue weighted by Crippen LogP contribution is 2.26. The predicted octanol–water partition coefficient (Wildman–Crippen LogP) is 2.71. The molecule has 0 saturated heterocycles. The summed E-state index contributed by atoms with van der Waals surface area (Å²) in [5.74, 6) is -0.0784. The van der Waals surface area contributed by atoms with Crippen molar-refractivity contribution in [3.05, 3.63) is 85.5 Å². The number of fused-ring (bicyclic) bond motifs is 1. The molecular formula is C22H19ClN4O5. The molecular weight excluding hydrogens is 436 g/mol. The van der Waals surface area contributed by atoms with Crippen LogP contribution in [0.2, 0.25) is 5.02 Å². The number of carbonyl (C=O) groups excluding carboxylic acids is 1. The van der Waals surface area contributed by atoms with E-state index in [1.807, 2.05) is 6.07 Å². The highest BCUT2D eigenvalue weighted by Gasteiger charge is 2.21. The zero-order valence-electron chi connectivity index (χ0n) is 17.5. The van der Waals surface area contributed by atoms with Crippen LogP contribution in [0.4, 0.5) is 0 Å². The summed E-state index contributed by atoms with van der Waals surface area (Å²) in [5, 5.41) is 0.549. The zero-order valence-corrected chi connectivity index (χ0v) is 18.3. The molecule has 164 valence electrons. The van der Waals surface area contributed by atoms with E-state index < -0.39 is 17.2 Å². The highest BCUT2D eigenvalue weighted by molar-refractivity contribution is 6.30. The molecule has 0 fully saturated rings. The minimum Gasteiger partial charge on any atom is -0.465 e. The normalized spacial score (nSPS) is 11.0. The third kappa shape index (κ3) is 3.78. The first kappa shape index (κ1) is 21.4. The van der Waals surface area contributed by atoms with Crippen LogP contribution in [0.1, 0.15) is 15.9 Å². The number of aromatic nitrogens is 4. The minimum atomic E-state index is -0.496. The Labute approximate surface area is 187 Å². The summed E-state index contributed by atoms with van der Waals surface area (Å²) in [7, 11) is 4.25. The number of hydrogen-bond donors (Lipinski definition) is 0. The highest BCUT2D eigenvalue weighted by atomic mass is 35.5. The van der Waals surface area contributed by atoms with Crippen LogP contribution in [0, 0.1) is 0 Å². The summed E-state index contributed by atoms with van der Waals surface area (Å²) in [5.41, 5.74) is 0.608. The van der Waals surface area contributed by atoms with E-state index in [4.69, 9.17) is 21.1 Å². The fourth-order valence-electron chi connectivity index (χ4n) is 3.35. The van der Waals surface area contributed by atoms with Crippen molar-refractivity contribution in [3.8, 4) is 11.8 Å². The van der Waals surface area contributed by atoms with Crippen LogP contribution in [-0.2, 0) is 25.4 Å². The molecule has 0 spiro atoms. The van der Waals surface area contributed by atoms with Gasteiger partial charge in [-0.25, -0.2) is 9.59 Å². The molecule has 0 bridgehead atoms. The maximum absolute atomic E-state index is 13.0. The van der Waals surface area contributed by atoms with E-state index in [1.165, 1.54) is 25.8 Å². The van der Waals surface area contributed by atoms with Crippen molar-refractivity contribution in [2.75, 3.05) is 7.11 Å². The van der Waals surface area contributed by atoms with Crippen molar-refractivity contribution in [2.45, 2.75) is 6.54 Å². The molecule has 0 atom stereocenters. The summed E-state index contributed by atoms with van der Waals surface area (Å²) in [6.45, 7) is 0.236. The van der Waals surface area contributed by atoms with Crippen molar-refractivity contribution < 1.29 is 14.3 Å². The van der Waals surface area contributed by atoms with Crippen molar-refractivity contribution in [1.29, 1.82) is 0 Å². The fourth-order valence-corrected chi connectivity index (χ4v) is 3.56. The van der Waals surface area contributed by atoms with Gasteiger partial charge in [0.05, 0.1) is 19.2 Å². The van der Waals surface area contributed by atoms with E-state index in [0.717, 1.165) is 10.1 Å². The Hall–Kier alpha value is -3.85. The Morgan fingerprint density at radius 1 is 1.06 bits per heavy atom. The molecule has 0 saturated carbocycles. The lowest BCUT2D eigenvalue weighted by molar-refractivity contribution is 0.0600. The van der Waals surface area contributed by atoms with Crippen LogP contribution in [0.25, 0.3) is 11.2 Å². The van der Waals surface area contributed by atoms with Gasteiger partial charge in [0.2, 0.25) is 0 Å². The number of rotatable bonds is 5. The summed E-state index contributed by atoms with van der Waals surface area (Å²) >= 11 is 6.12. The van der Waals surface area contributed by atoms with Gasteiger partial charge in [-0.1, -0.05) is 23.7 Å². The molecule has 2 heterocycles. The molecule has 0 N–H and O–H groups in total. The summed E-state index contributed by atoms with van der Waals surface area (Å²) < 4.78 is 14.6. The Kier molecular flexibility index (Phi) is 5.58. The van der Waals surface area contributed by atoms with E-state index in [-0.39, 0.29) is 23.7 Å². The Morgan fingerprint density at radius 2 is 1.78 bits per heavy atom. The van der Waals surface area contributed by atoms with E-state index in [1.54, 1.807) is 47.0 Å². The van der Waals surface area contributed by atoms with Gasteiger partial charge in [0.1, 0.15) is 5.75 Å². The Bertz CT molecular complexity index is 1450. The van der Waals surface area contributed by atoms with Gasteiger partial charge in [-0.2, -0.15) is 4.98 Å². The number of imidazole rings is 1. The monoisotopic (exact) mass is 454 g/mol. The first-order chi connectivity index (χ1) is 15.3. The van der Waals surface area contributed by atoms with Gasteiger partial charge in [0, 0.05) is 19.1 Å². The maximum atomic E-state index is 13.0. The van der Waals surface area contributed by atoms with Gasteiger partial charge in [0.15, 0.2) is 11.2 Å². The Balaban J connectivity index is 1.86. The van der Waals surface area contributed by atoms with Gasteiger partial charge >= 0.3 is 17.7 Å². The van der Waals surface area contributed by atoms with E-state index in [2.05, 4.69) is 4.98 Å². The molecule has 0 aliphatic rings. The van der Waals surface area contributed by atoms with Crippen molar-refractivity contribution in [3.63, 3.8) is 0 Å². The largest absolute Gasteiger partial charge is 0.465 e. The van der Waals surface area contributed by atoms with E-state index >= 15 is 0 Å². The summed E-state index contributed by atoms with van der Waals surface area (Å²) in [4.78, 5) is 41.4. The van der Waals surface area contributed by atoms with Gasteiger partial charge in [-0.15, -0.1) is 0 Å². The molecule has 0 radical (unpaired) electrons. The predicted molar refractivity (Wildman–Crippen MR) is 119 cm³/mol. The molecule has 10 heteroatoms. The number of ether oxygens (including phenoxy) is 2. The average Bonchev–Trinajstić information content (AvgIpc) is 3.14. The molecule has 2 aromatic carbocycles. The maximum Gasteiger partial charge on any atom is 0.337 e. The van der Waals surface area contributed by atoms with Crippen LogP contribution in [0.3, 0.4) is 0 Å². The second-order valence-corrected chi connectivity index (χ2v) is 7.54. The number of nitrogens with zero attached hydrogens (tertiary/aromatic N) is 4. The number of hydrogen-bond acceptors (Lipinski definition) is 6. The van der Waals surface area contributed by atoms with E-state index in [9.17, 15) is 14.4 Å². The van der Waals surface area contributed by atoms with Crippen molar-refractivity contribution in [2.24, 2.45) is 14.1 Å². The van der Waals surface area contributed by atoms with E-state index in [0.29, 0.717) is 16.3 Å². The average molecular weight is 455 g/mol. The summed E-state index contributed by atoms with van der Waals surface area (Å²) in [6.07, 6.45) is 0. The molecule has 0 amide bonds. The molecule has 0 aliphatic heterocycles.